The fourth-order valence-corrected chi connectivity index (χ4v) is 3.99. The molecule has 174 valence electrons. The van der Waals surface area contributed by atoms with Crippen molar-refractivity contribution >= 4 is 44.4 Å². The molecule has 0 fully saturated rings. The number of ether oxygens (including phenoxy) is 2. The Labute approximate surface area is 212 Å². The Balaban J connectivity index is 1.56. The average Bonchev–Trinajstić information content (AvgIpc) is 2.88. The van der Waals surface area contributed by atoms with Gasteiger partial charge in [0, 0.05) is 10.2 Å². The number of hydrogen-bond acceptors (Lipinski definition) is 4. The van der Waals surface area contributed by atoms with Crippen LogP contribution in [-0.2, 0) is 11.4 Å². The summed E-state index contributed by atoms with van der Waals surface area (Å²) in [6.07, 6.45) is 1.53. The first kappa shape index (κ1) is 24.1. The van der Waals surface area contributed by atoms with Crippen LogP contribution in [0.15, 0.2) is 95.0 Å². The molecular weight excluding hydrogens is 504 g/mol. The highest BCUT2D eigenvalue weighted by molar-refractivity contribution is 9.10. The Morgan fingerprint density at radius 3 is 2.40 bits per heavy atom. The molecule has 0 unspecified atom stereocenters. The summed E-state index contributed by atoms with van der Waals surface area (Å²) in [5, 5.41) is 14.6. The molecule has 1 N–H and O–H groups in total. The number of carbonyl (C=O) groups excluding carboxylic acids is 1. The van der Waals surface area contributed by atoms with Crippen LogP contribution < -0.4 is 14.8 Å². The highest BCUT2D eigenvalue weighted by Crippen LogP contribution is 2.35. The lowest BCUT2D eigenvalue weighted by molar-refractivity contribution is -0.112. The first-order chi connectivity index (χ1) is 17.1. The van der Waals surface area contributed by atoms with E-state index in [1.807, 2.05) is 49.4 Å². The number of nitrogens with one attached hydrogen (secondary N) is 1. The highest BCUT2D eigenvalue weighted by atomic mass is 79.9. The zero-order valence-corrected chi connectivity index (χ0v) is 20.7. The number of hydrogen-bond donors (Lipinski definition) is 1. The van der Waals surface area contributed by atoms with Crippen molar-refractivity contribution in [1.29, 1.82) is 5.26 Å². The molecule has 0 aliphatic heterocycles. The molecule has 0 spiro atoms. The molecule has 5 nitrogen and oxygen atoms in total. The molecule has 0 aliphatic carbocycles. The minimum Gasteiger partial charge on any atom is -0.490 e. The topological polar surface area (TPSA) is 71.3 Å². The van der Waals surface area contributed by atoms with Crippen LogP contribution in [0.3, 0.4) is 0 Å². The molecule has 4 aromatic rings. The van der Waals surface area contributed by atoms with Crippen molar-refractivity contribution in [3.05, 3.63) is 106 Å². The molecule has 6 heteroatoms. The number of fused-ring (bicyclic) bond motifs is 1. The van der Waals surface area contributed by atoms with Crippen molar-refractivity contribution in [2.24, 2.45) is 0 Å². The van der Waals surface area contributed by atoms with Crippen LogP contribution in [0.25, 0.3) is 16.8 Å². The number of anilines is 1. The average molecular weight is 527 g/mol. The van der Waals surface area contributed by atoms with Gasteiger partial charge in [-0.15, -0.1) is 0 Å². The molecule has 0 saturated carbocycles. The van der Waals surface area contributed by atoms with Gasteiger partial charge in [-0.25, -0.2) is 0 Å². The smallest absolute Gasteiger partial charge is 0.266 e. The summed E-state index contributed by atoms with van der Waals surface area (Å²) in [5.41, 5.74) is 2.26. The van der Waals surface area contributed by atoms with Gasteiger partial charge in [-0.05, 0) is 65.2 Å². The molecule has 0 bridgehead atoms. The normalized spacial score (nSPS) is 11.1. The number of nitriles is 1. The predicted molar refractivity (Wildman–Crippen MR) is 142 cm³/mol. The lowest BCUT2D eigenvalue weighted by Crippen LogP contribution is -2.13. The molecule has 4 rings (SSSR count). The third kappa shape index (κ3) is 6.08. The standard InChI is InChI=1S/C29H23BrN2O3/c1-2-34-27-16-23(15-24(18-31)29(33)32-25-10-4-3-5-11-25)26(30)17-28(27)35-19-20-12-13-21-8-6-7-9-22(21)14-20/h3-17H,2,19H2,1H3,(H,32,33)/b24-15+. The Morgan fingerprint density at radius 2 is 1.66 bits per heavy atom. The lowest BCUT2D eigenvalue weighted by atomic mass is 10.1. The van der Waals surface area contributed by atoms with Gasteiger partial charge in [0.25, 0.3) is 5.91 Å². The Morgan fingerprint density at radius 1 is 0.943 bits per heavy atom. The molecule has 0 heterocycles. The van der Waals surface area contributed by atoms with E-state index in [1.54, 1.807) is 24.3 Å². The second-order valence-corrected chi connectivity index (χ2v) is 8.57. The second kappa shape index (κ2) is 11.4. The van der Waals surface area contributed by atoms with Gasteiger partial charge in [-0.3, -0.25) is 4.79 Å². The van der Waals surface area contributed by atoms with Gasteiger partial charge >= 0.3 is 0 Å². The molecule has 4 aromatic carbocycles. The van der Waals surface area contributed by atoms with Crippen LogP contribution in [0.5, 0.6) is 11.5 Å². The van der Waals surface area contributed by atoms with Crippen LogP contribution in [0.2, 0.25) is 0 Å². The Bertz CT molecular complexity index is 1430. The van der Waals surface area contributed by atoms with Gasteiger partial charge in [0.2, 0.25) is 0 Å². The predicted octanol–water partition coefficient (Wildman–Crippen LogP) is 7.13. The SMILES string of the molecule is CCOc1cc(/C=C(\C#N)C(=O)Nc2ccccc2)c(Br)cc1OCc1ccc2ccccc2c1. The third-order valence-electron chi connectivity index (χ3n) is 5.27. The lowest BCUT2D eigenvalue weighted by Gasteiger charge is -2.14. The largest absolute Gasteiger partial charge is 0.490 e. The van der Waals surface area contributed by atoms with Gasteiger partial charge < -0.3 is 14.8 Å². The van der Waals surface area contributed by atoms with E-state index in [0.29, 0.717) is 40.4 Å². The monoisotopic (exact) mass is 526 g/mol. The number of carbonyl (C=O) groups is 1. The van der Waals surface area contributed by atoms with Crippen molar-refractivity contribution in [3.63, 3.8) is 0 Å². The Kier molecular flexibility index (Phi) is 7.81. The van der Waals surface area contributed by atoms with Crippen molar-refractivity contribution in [3.8, 4) is 17.6 Å². The molecule has 0 atom stereocenters. The first-order valence-electron chi connectivity index (χ1n) is 11.1. The van der Waals surface area contributed by atoms with E-state index in [-0.39, 0.29) is 5.57 Å². The zero-order valence-electron chi connectivity index (χ0n) is 19.1. The van der Waals surface area contributed by atoms with Crippen molar-refractivity contribution in [2.45, 2.75) is 13.5 Å². The second-order valence-electron chi connectivity index (χ2n) is 7.71. The molecule has 35 heavy (non-hydrogen) atoms. The zero-order chi connectivity index (χ0) is 24.6. The van der Waals surface area contributed by atoms with Gasteiger partial charge in [0.15, 0.2) is 11.5 Å². The summed E-state index contributed by atoms with van der Waals surface area (Å²) in [6.45, 7) is 2.70. The fourth-order valence-electron chi connectivity index (χ4n) is 3.56. The maximum atomic E-state index is 12.6. The van der Waals surface area contributed by atoms with Crippen LogP contribution >= 0.6 is 15.9 Å². The van der Waals surface area contributed by atoms with Crippen LogP contribution in [0.1, 0.15) is 18.1 Å². The minimum absolute atomic E-state index is 0.0261. The number of para-hydroxylation sites is 1. The molecule has 0 radical (unpaired) electrons. The van der Waals surface area contributed by atoms with Gasteiger partial charge in [-0.2, -0.15) is 5.26 Å². The number of amides is 1. The van der Waals surface area contributed by atoms with Crippen molar-refractivity contribution in [1.82, 2.24) is 0 Å². The molecule has 1 amide bonds. The van der Waals surface area contributed by atoms with Crippen molar-refractivity contribution in [2.75, 3.05) is 11.9 Å². The summed E-state index contributed by atoms with van der Waals surface area (Å²) in [4.78, 5) is 12.6. The minimum atomic E-state index is -0.486. The van der Waals surface area contributed by atoms with Crippen LogP contribution in [-0.4, -0.2) is 12.5 Å². The van der Waals surface area contributed by atoms with Gasteiger partial charge in [0.05, 0.1) is 6.61 Å². The highest BCUT2D eigenvalue weighted by Gasteiger charge is 2.14. The third-order valence-corrected chi connectivity index (χ3v) is 5.95. The fraction of sp³-hybridized carbons (Fsp3) is 0.103. The van der Waals surface area contributed by atoms with E-state index < -0.39 is 5.91 Å². The van der Waals surface area contributed by atoms with E-state index >= 15 is 0 Å². The summed E-state index contributed by atoms with van der Waals surface area (Å²) < 4.78 is 12.6. The van der Waals surface area contributed by atoms with Crippen LogP contribution in [0.4, 0.5) is 5.69 Å². The van der Waals surface area contributed by atoms with E-state index in [1.165, 1.54) is 11.5 Å². The summed E-state index contributed by atoms with van der Waals surface area (Å²) >= 11 is 3.54. The molecule has 0 saturated heterocycles. The van der Waals surface area contributed by atoms with Gasteiger partial charge in [0.1, 0.15) is 18.2 Å². The van der Waals surface area contributed by atoms with Crippen LogP contribution in [0, 0.1) is 11.3 Å². The van der Waals surface area contributed by atoms with Crippen molar-refractivity contribution < 1.29 is 14.3 Å². The molecular formula is C29H23BrN2O3. The number of nitrogens with zero attached hydrogens (tertiary/aromatic N) is 1. The van der Waals surface area contributed by atoms with E-state index in [2.05, 4.69) is 45.5 Å². The summed E-state index contributed by atoms with van der Waals surface area (Å²) in [6, 6.07) is 28.9. The maximum Gasteiger partial charge on any atom is 0.266 e. The van der Waals surface area contributed by atoms with E-state index in [0.717, 1.165) is 10.9 Å². The number of halogens is 1. The number of benzene rings is 4. The number of rotatable bonds is 8. The Hall–Kier alpha value is -4.08. The van der Waals surface area contributed by atoms with E-state index in [4.69, 9.17) is 9.47 Å². The quantitative estimate of drug-likeness (QED) is 0.196. The summed E-state index contributed by atoms with van der Waals surface area (Å²) in [5.74, 6) is 0.611. The molecule has 0 aliphatic rings. The maximum absolute atomic E-state index is 12.6. The van der Waals surface area contributed by atoms with Gasteiger partial charge in [-0.1, -0.05) is 70.5 Å². The molecule has 0 aromatic heterocycles. The summed E-state index contributed by atoms with van der Waals surface area (Å²) in [7, 11) is 0. The van der Waals surface area contributed by atoms with E-state index in [9.17, 15) is 10.1 Å². The first-order valence-corrected chi connectivity index (χ1v) is 11.9.